The number of benzene rings is 1. The number of anilines is 1. The molecule has 0 saturated carbocycles. The minimum absolute atomic E-state index is 0.0839. The number of nitrogens with zero attached hydrogens (tertiary/aromatic N) is 5. The van der Waals surface area contributed by atoms with Crippen molar-refractivity contribution >= 4 is 44.4 Å². The van der Waals surface area contributed by atoms with Crippen LogP contribution in [0.15, 0.2) is 47.6 Å². The number of pyridine rings is 1. The topological polar surface area (TPSA) is 108 Å². The maximum Gasteiger partial charge on any atom is 0.258 e. The van der Waals surface area contributed by atoms with Crippen molar-refractivity contribution in [1.82, 2.24) is 23.4 Å². The normalized spacial score (nSPS) is 16.0. The number of fused-ring (bicyclic) bond motifs is 1. The summed E-state index contributed by atoms with van der Waals surface area (Å²) in [7, 11) is -4.03. The lowest BCUT2D eigenvalue weighted by Gasteiger charge is -2.36. The zero-order chi connectivity index (χ0) is 21.1. The number of rotatable bonds is 6. The average molecular weight is 451 g/mol. The minimum Gasteiger partial charge on any atom is -0.368 e. The standard InChI is InChI=1S/C18H19FN6O3S2/c19-14(12-21-30(27,28)16-3-1-2-15-17(16)23-29-22-15)18(26)25-10-8-24(9-11-25)13-4-6-20-7-5-13/h1-7,14,21H,8-12H2. The summed E-state index contributed by atoms with van der Waals surface area (Å²) in [6, 6.07) is 8.31. The van der Waals surface area contributed by atoms with Gasteiger partial charge in [-0.15, -0.1) is 0 Å². The summed E-state index contributed by atoms with van der Waals surface area (Å²) in [5, 5.41) is 0. The van der Waals surface area contributed by atoms with Crippen molar-refractivity contribution in [2.24, 2.45) is 0 Å². The Labute approximate surface area is 176 Å². The van der Waals surface area contributed by atoms with E-state index >= 15 is 0 Å². The smallest absolute Gasteiger partial charge is 0.258 e. The number of alkyl halides is 1. The van der Waals surface area contributed by atoms with Crippen LogP contribution in [-0.2, 0) is 14.8 Å². The van der Waals surface area contributed by atoms with E-state index in [1.54, 1.807) is 24.5 Å². The Bertz CT molecular complexity index is 1130. The molecule has 1 saturated heterocycles. The third-order valence-electron chi connectivity index (χ3n) is 4.88. The second kappa shape index (κ2) is 8.58. The van der Waals surface area contributed by atoms with Crippen LogP contribution in [0, 0.1) is 0 Å². The lowest BCUT2D eigenvalue weighted by molar-refractivity contribution is -0.136. The van der Waals surface area contributed by atoms with Gasteiger partial charge in [-0.3, -0.25) is 9.78 Å². The molecule has 0 spiro atoms. The summed E-state index contributed by atoms with van der Waals surface area (Å²) in [6.07, 6.45) is 1.41. The van der Waals surface area contributed by atoms with Gasteiger partial charge in [0.1, 0.15) is 15.9 Å². The fourth-order valence-electron chi connectivity index (χ4n) is 3.28. The molecule has 3 heterocycles. The van der Waals surface area contributed by atoms with Crippen LogP contribution in [-0.4, -0.2) is 71.9 Å². The van der Waals surface area contributed by atoms with Crippen LogP contribution in [0.25, 0.3) is 11.0 Å². The molecule has 30 heavy (non-hydrogen) atoms. The Hall–Kier alpha value is -2.70. The first-order valence-corrected chi connectivity index (χ1v) is 11.5. The van der Waals surface area contributed by atoms with E-state index in [0.29, 0.717) is 31.7 Å². The summed E-state index contributed by atoms with van der Waals surface area (Å²) in [5.74, 6) is -0.722. The Morgan fingerprint density at radius 3 is 2.60 bits per heavy atom. The first-order valence-electron chi connectivity index (χ1n) is 9.24. The first kappa shape index (κ1) is 20.6. The van der Waals surface area contributed by atoms with Crippen LogP contribution in [0.1, 0.15) is 0 Å². The number of hydrogen-bond donors (Lipinski definition) is 1. The molecule has 3 aromatic rings. The van der Waals surface area contributed by atoms with Crippen molar-refractivity contribution in [1.29, 1.82) is 0 Å². The second-order valence-corrected chi connectivity index (χ2v) is 8.99. The Morgan fingerprint density at radius 2 is 1.87 bits per heavy atom. The molecule has 0 radical (unpaired) electrons. The predicted octanol–water partition coefficient (Wildman–Crippen LogP) is 1.05. The Morgan fingerprint density at radius 1 is 1.13 bits per heavy atom. The third-order valence-corrected chi connectivity index (χ3v) is 6.88. The number of sulfonamides is 1. The number of nitrogens with one attached hydrogen (secondary N) is 1. The van der Waals surface area contributed by atoms with Gasteiger partial charge < -0.3 is 9.80 Å². The van der Waals surface area contributed by atoms with Crippen molar-refractivity contribution in [3.8, 4) is 0 Å². The van der Waals surface area contributed by atoms with E-state index in [9.17, 15) is 17.6 Å². The summed E-state index contributed by atoms with van der Waals surface area (Å²) in [5.41, 5.74) is 1.67. The van der Waals surface area contributed by atoms with E-state index in [1.807, 2.05) is 12.1 Å². The van der Waals surface area contributed by atoms with E-state index in [4.69, 9.17) is 0 Å². The highest BCUT2D eigenvalue weighted by Gasteiger charge is 2.29. The number of amides is 1. The molecule has 1 atom stereocenters. The molecule has 9 nitrogen and oxygen atoms in total. The number of halogens is 1. The second-order valence-electron chi connectivity index (χ2n) is 6.73. The van der Waals surface area contributed by atoms with Gasteiger partial charge in [-0.25, -0.2) is 17.5 Å². The molecule has 1 N–H and O–H groups in total. The highest BCUT2D eigenvalue weighted by Crippen LogP contribution is 2.21. The minimum atomic E-state index is -4.03. The number of hydrogen-bond acceptors (Lipinski definition) is 8. The molecule has 4 rings (SSSR count). The van der Waals surface area contributed by atoms with Gasteiger partial charge in [0.2, 0.25) is 10.0 Å². The van der Waals surface area contributed by atoms with E-state index in [-0.39, 0.29) is 10.4 Å². The van der Waals surface area contributed by atoms with Gasteiger partial charge in [0.15, 0.2) is 6.17 Å². The lowest BCUT2D eigenvalue weighted by Crippen LogP contribution is -2.52. The van der Waals surface area contributed by atoms with E-state index < -0.39 is 28.6 Å². The number of aromatic nitrogens is 3. The molecular formula is C18H19FN6O3S2. The number of piperazine rings is 1. The summed E-state index contributed by atoms with van der Waals surface area (Å²) in [6.45, 7) is 1.20. The summed E-state index contributed by atoms with van der Waals surface area (Å²) < 4.78 is 49.8. The first-order chi connectivity index (χ1) is 14.5. The fourth-order valence-corrected chi connectivity index (χ4v) is 5.08. The van der Waals surface area contributed by atoms with Crippen molar-refractivity contribution in [3.63, 3.8) is 0 Å². The highest BCUT2D eigenvalue weighted by atomic mass is 32.2. The quantitative estimate of drug-likeness (QED) is 0.598. The largest absolute Gasteiger partial charge is 0.368 e. The maximum absolute atomic E-state index is 14.5. The highest BCUT2D eigenvalue weighted by molar-refractivity contribution is 7.89. The Balaban J connectivity index is 1.34. The summed E-state index contributed by atoms with van der Waals surface area (Å²) in [4.78, 5) is 19.8. The van der Waals surface area contributed by atoms with Crippen molar-refractivity contribution in [2.45, 2.75) is 11.1 Å². The van der Waals surface area contributed by atoms with Gasteiger partial charge in [-0.1, -0.05) is 6.07 Å². The monoisotopic (exact) mass is 450 g/mol. The molecular weight excluding hydrogens is 431 g/mol. The molecule has 158 valence electrons. The maximum atomic E-state index is 14.5. The van der Waals surface area contributed by atoms with Gasteiger partial charge in [0.05, 0.1) is 18.3 Å². The van der Waals surface area contributed by atoms with Crippen LogP contribution in [0.5, 0.6) is 0 Å². The fraction of sp³-hybridized carbons (Fsp3) is 0.333. The number of carbonyl (C=O) groups excluding carboxylic acids is 1. The molecule has 1 amide bonds. The SMILES string of the molecule is O=C(C(F)CNS(=O)(=O)c1cccc2nsnc12)N1CCN(c2ccncc2)CC1. The van der Waals surface area contributed by atoms with Crippen LogP contribution in [0.4, 0.5) is 10.1 Å². The van der Waals surface area contributed by atoms with Crippen LogP contribution >= 0.6 is 11.7 Å². The van der Waals surface area contributed by atoms with Crippen molar-refractivity contribution < 1.29 is 17.6 Å². The van der Waals surface area contributed by atoms with Crippen molar-refractivity contribution in [3.05, 3.63) is 42.7 Å². The van der Waals surface area contributed by atoms with Gasteiger partial charge in [0, 0.05) is 44.3 Å². The molecule has 1 fully saturated rings. The van der Waals surface area contributed by atoms with Gasteiger partial charge >= 0.3 is 0 Å². The molecule has 12 heteroatoms. The van der Waals surface area contributed by atoms with Gasteiger partial charge in [-0.05, 0) is 24.3 Å². The van der Waals surface area contributed by atoms with Crippen LogP contribution in [0.3, 0.4) is 0 Å². The molecule has 0 aliphatic carbocycles. The Kier molecular flexibility index (Phi) is 5.88. The van der Waals surface area contributed by atoms with E-state index in [1.165, 1.54) is 11.0 Å². The zero-order valence-corrected chi connectivity index (χ0v) is 17.4. The molecule has 2 aromatic heterocycles. The lowest BCUT2D eigenvalue weighted by atomic mass is 10.2. The van der Waals surface area contributed by atoms with Crippen LogP contribution in [0.2, 0.25) is 0 Å². The van der Waals surface area contributed by atoms with Gasteiger partial charge in [0.25, 0.3) is 5.91 Å². The summed E-state index contributed by atoms with van der Waals surface area (Å²) >= 11 is 0.895. The molecule has 1 aliphatic heterocycles. The van der Waals surface area contributed by atoms with Crippen molar-refractivity contribution in [2.75, 3.05) is 37.6 Å². The number of carbonyl (C=O) groups is 1. The third kappa shape index (κ3) is 4.25. The zero-order valence-electron chi connectivity index (χ0n) is 15.8. The van der Waals surface area contributed by atoms with E-state index in [0.717, 1.165) is 17.4 Å². The molecule has 0 bridgehead atoms. The molecule has 1 unspecified atom stereocenters. The van der Waals surface area contributed by atoms with Crippen LogP contribution < -0.4 is 9.62 Å². The van der Waals surface area contributed by atoms with E-state index in [2.05, 4.69) is 23.4 Å². The average Bonchev–Trinajstić information content (AvgIpc) is 3.26. The van der Waals surface area contributed by atoms with Gasteiger partial charge in [-0.2, -0.15) is 8.75 Å². The predicted molar refractivity (Wildman–Crippen MR) is 111 cm³/mol. The molecule has 1 aliphatic rings. The molecule has 1 aromatic carbocycles.